The summed E-state index contributed by atoms with van der Waals surface area (Å²) in [6, 6.07) is 9.97. The highest BCUT2D eigenvalue weighted by molar-refractivity contribution is 7.08. The summed E-state index contributed by atoms with van der Waals surface area (Å²) in [6.45, 7) is 4.30. The van der Waals surface area contributed by atoms with E-state index in [1.54, 1.807) is 11.3 Å². The van der Waals surface area contributed by atoms with Gasteiger partial charge in [0.15, 0.2) is 0 Å². The Morgan fingerprint density at radius 1 is 1.24 bits per heavy atom. The Kier molecular flexibility index (Phi) is 4.11. The molecule has 0 aliphatic heterocycles. The molecule has 0 N–H and O–H groups in total. The van der Waals surface area contributed by atoms with Gasteiger partial charge in [-0.2, -0.15) is 11.3 Å². The van der Waals surface area contributed by atoms with E-state index in [0.29, 0.717) is 0 Å². The van der Waals surface area contributed by atoms with Gasteiger partial charge in [-0.3, -0.25) is 4.99 Å². The first-order chi connectivity index (χ1) is 8.25. The van der Waals surface area contributed by atoms with Gasteiger partial charge in [0.25, 0.3) is 0 Å². The van der Waals surface area contributed by atoms with E-state index in [4.69, 9.17) is 4.43 Å². The van der Waals surface area contributed by atoms with Crippen LogP contribution in [0.1, 0.15) is 5.56 Å². The molecule has 0 aliphatic rings. The third-order valence-electron chi connectivity index (χ3n) is 2.12. The summed E-state index contributed by atoms with van der Waals surface area (Å²) in [5, 5.41) is 4.12. The summed E-state index contributed by atoms with van der Waals surface area (Å²) in [5.74, 6) is 0.889. The molecule has 0 amide bonds. The summed E-state index contributed by atoms with van der Waals surface area (Å²) in [4.78, 5) is 4.48. The van der Waals surface area contributed by atoms with Crippen LogP contribution in [-0.4, -0.2) is 15.3 Å². The third-order valence-corrected chi connectivity index (χ3v) is 3.55. The molecule has 0 aliphatic carbocycles. The zero-order valence-electron chi connectivity index (χ0n) is 9.96. The minimum atomic E-state index is -1.08. The van der Waals surface area contributed by atoms with Crippen LogP contribution in [0, 0.1) is 0 Å². The Morgan fingerprint density at radius 3 is 2.76 bits per heavy atom. The van der Waals surface area contributed by atoms with Crippen LogP contribution in [0.2, 0.25) is 13.1 Å². The van der Waals surface area contributed by atoms with E-state index in [1.807, 2.05) is 35.9 Å². The van der Waals surface area contributed by atoms with Crippen LogP contribution in [0.5, 0.6) is 5.75 Å². The van der Waals surface area contributed by atoms with Crippen molar-refractivity contribution in [3.8, 4) is 5.75 Å². The highest BCUT2D eigenvalue weighted by atomic mass is 32.1. The molecule has 0 saturated heterocycles. The Balaban J connectivity index is 2.20. The van der Waals surface area contributed by atoms with Crippen LogP contribution in [0.3, 0.4) is 0 Å². The average Bonchev–Trinajstić information content (AvgIpc) is 2.80. The van der Waals surface area contributed by atoms with E-state index < -0.39 is 9.04 Å². The minimum absolute atomic E-state index is 0.889. The summed E-state index contributed by atoms with van der Waals surface area (Å²) >= 11 is 1.67. The van der Waals surface area contributed by atoms with E-state index in [9.17, 15) is 0 Å². The molecule has 4 heteroatoms. The van der Waals surface area contributed by atoms with Crippen LogP contribution in [-0.2, 0) is 0 Å². The standard InChI is InChI=1S/C13H15NOSSi/c1-17(2)15-13-6-4-3-5-12(13)14-9-11-7-8-16-10-11/h3-10,17H,1-2H3. The monoisotopic (exact) mass is 261 g/mol. The second-order valence-corrected chi connectivity index (χ2v) is 7.06. The maximum Gasteiger partial charge on any atom is 0.229 e. The molecule has 2 rings (SSSR count). The van der Waals surface area contributed by atoms with Gasteiger partial charge < -0.3 is 4.43 Å². The van der Waals surface area contributed by atoms with E-state index in [0.717, 1.165) is 17.0 Å². The molecule has 0 saturated carbocycles. The number of rotatable bonds is 4. The number of para-hydroxylation sites is 2. The van der Waals surface area contributed by atoms with Crippen molar-refractivity contribution in [2.45, 2.75) is 13.1 Å². The zero-order chi connectivity index (χ0) is 12.1. The summed E-state index contributed by atoms with van der Waals surface area (Å²) < 4.78 is 5.84. The van der Waals surface area contributed by atoms with Crippen LogP contribution in [0.25, 0.3) is 0 Å². The molecule has 0 radical (unpaired) electrons. The lowest BCUT2D eigenvalue weighted by Crippen LogP contribution is -2.11. The molecule has 1 aromatic heterocycles. The first-order valence-corrected chi connectivity index (χ1v) is 9.30. The molecule has 0 bridgehead atoms. The van der Waals surface area contributed by atoms with Gasteiger partial charge >= 0.3 is 0 Å². The van der Waals surface area contributed by atoms with Crippen molar-refractivity contribution in [1.82, 2.24) is 0 Å². The normalized spacial score (nSPS) is 11.2. The van der Waals surface area contributed by atoms with E-state index in [2.05, 4.69) is 29.5 Å². The first kappa shape index (κ1) is 12.1. The number of hydrogen-bond acceptors (Lipinski definition) is 3. The molecule has 2 aromatic rings. The number of thiophene rings is 1. The van der Waals surface area contributed by atoms with E-state index in [1.165, 1.54) is 0 Å². The van der Waals surface area contributed by atoms with Crippen molar-refractivity contribution in [3.63, 3.8) is 0 Å². The number of nitrogens with zero attached hydrogens (tertiary/aromatic N) is 1. The highest BCUT2D eigenvalue weighted by Crippen LogP contribution is 2.27. The largest absolute Gasteiger partial charge is 0.546 e. The molecule has 1 heterocycles. The lowest BCUT2D eigenvalue weighted by atomic mass is 10.3. The molecule has 2 nitrogen and oxygen atoms in total. The smallest absolute Gasteiger partial charge is 0.229 e. The molecule has 0 atom stereocenters. The van der Waals surface area contributed by atoms with Gasteiger partial charge in [0.1, 0.15) is 11.4 Å². The van der Waals surface area contributed by atoms with E-state index in [-0.39, 0.29) is 0 Å². The number of aliphatic imine (C=N–C) groups is 1. The topological polar surface area (TPSA) is 21.6 Å². The van der Waals surface area contributed by atoms with Crippen molar-refractivity contribution < 1.29 is 4.43 Å². The summed E-state index contributed by atoms with van der Waals surface area (Å²) in [6.07, 6.45) is 1.88. The maximum atomic E-state index is 5.84. The zero-order valence-corrected chi connectivity index (χ0v) is 11.9. The molecule has 0 spiro atoms. The minimum Gasteiger partial charge on any atom is -0.546 e. The first-order valence-electron chi connectivity index (χ1n) is 5.57. The van der Waals surface area contributed by atoms with E-state index >= 15 is 0 Å². The highest BCUT2D eigenvalue weighted by Gasteiger charge is 2.03. The van der Waals surface area contributed by atoms with Crippen LogP contribution < -0.4 is 4.43 Å². The number of hydrogen-bond donors (Lipinski definition) is 0. The van der Waals surface area contributed by atoms with Gasteiger partial charge in [-0.15, -0.1) is 0 Å². The van der Waals surface area contributed by atoms with Crippen molar-refractivity contribution in [3.05, 3.63) is 46.7 Å². The summed E-state index contributed by atoms with van der Waals surface area (Å²) in [5.41, 5.74) is 2.03. The summed E-state index contributed by atoms with van der Waals surface area (Å²) in [7, 11) is -1.08. The maximum absolute atomic E-state index is 5.84. The molecular formula is C13H15NOSSi. The molecule has 88 valence electrons. The van der Waals surface area contributed by atoms with Gasteiger partial charge in [-0.05, 0) is 42.1 Å². The van der Waals surface area contributed by atoms with Crippen molar-refractivity contribution in [2.75, 3.05) is 0 Å². The molecule has 0 unspecified atom stereocenters. The van der Waals surface area contributed by atoms with Gasteiger partial charge in [0.05, 0.1) is 0 Å². The lowest BCUT2D eigenvalue weighted by molar-refractivity contribution is 0.582. The van der Waals surface area contributed by atoms with Crippen molar-refractivity contribution in [1.29, 1.82) is 0 Å². The predicted octanol–water partition coefficient (Wildman–Crippen LogP) is 3.86. The van der Waals surface area contributed by atoms with Gasteiger partial charge in [0, 0.05) is 11.8 Å². The van der Waals surface area contributed by atoms with Crippen LogP contribution in [0.4, 0.5) is 5.69 Å². The quantitative estimate of drug-likeness (QED) is 0.605. The third kappa shape index (κ3) is 3.54. The van der Waals surface area contributed by atoms with Crippen LogP contribution >= 0.6 is 11.3 Å². The van der Waals surface area contributed by atoms with Gasteiger partial charge in [-0.1, -0.05) is 12.1 Å². The molecular weight excluding hydrogens is 246 g/mol. The van der Waals surface area contributed by atoms with Crippen molar-refractivity contribution in [2.24, 2.45) is 4.99 Å². The Bertz CT molecular complexity index is 494. The average molecular weight is 261 g/mol. The Labute approximate surface area is 107 Å². The second kappa shape index (κ2) is 5.79. The fourth-order valence-corrected chi connectivity index (χ4v) is 2.73. The van der Waals surface area contributed by atoms with Gasteiger partial charge in [0.2, 0.25) is 9.04 Å². The molecule has 1 aromatic carbocycles. The Hall–Kier alpha value is -1.39. The lowest BCUT2D eigenvalue weighted by Gasteiger charge is -2.10. The predicted molar refractivity (Wildman–Crippen MR) is 77.5 cm³/mol. The molecule has 0 fully saturated rings. The molecule has 17 heavy (non-hydrogen) atoms. The van der Waals surface area contributed by atoms with Gasteiger partial charge in [-0.25, -0.2) is 0 Å². The fourth-order valence-electron chi connectivity index (χ4n) is 1.41. The SMILES string of the molecule is C[SiH](C)Oc1ccccc1N=Cc1ccsc1. The second-order valence-electron chi connectivity index (χ2n) is 3.95. The van der Waals surface area contributed by atoms with Crippen molar-refractivity contribution >= 4 is 32.3 Å². The fraction of sp³-hybridized carbons (Fsp3) is 0.154. The number of benzene rings is 1. The van der Waals surface area contributed by atoms with Crippen LogP contribution in [0.15, 0.2) is 46.1 Å². The Morgan fingerprint density at radius 2 is 2.06 bits per heavy atom.